The van der Waals surface area contributed by atoms with Crippen molar-refractivity contribution in [3.63, 3.8) is 0 Å². The van der Waals surface area contributed by atoms with Gasteiger partial charge in [0.15, 0.2) is 0 Å². The van der Waals surface area contributed by atoms with Gasteiger partial charge in [0, 0.05) is 6.54 Å². The number of carbonyl (C=O) groups excluding carboxylic acids is 1. The lowest BCUT2D eigenvalue weighted by Crippen LogP contribution is -2.24. The van der Waals surface area contributed by atoms with Gasteiger partial charge in [-0.1, -0.05) is 51.5 Å². The van der Waals surface area contributed by atoms with Crippen molar-refractivity contribution in [3.8, 4) is 5.75 Å². The van der Waals surface area contributed by atoms with Gasteiger partial charge in [0.05, 0.1) is 12.7 Å². The molecule has 0 heterocycles. The number of nitrogens with one attached hydrogen (secondary N) is 1. The van der Waals surface area contributed by atoms with Gasteiger partial charge in [0.2, 0.25) is 0 Å². The van der Waals surface area contributed by atoms with E-state index in [4.69, 9.17) is 4.74 Å². The third-order valence-corrected chi connectivity index (χ3v) is 5.43. The van der Waals surface area contributed by atoms with Gasteiger partial charge in [-0.25, -0.2) is 0 Å². The molecule has 1 N–H and O–H groups in total. The molecule has 1 aliphatic rings. The largest absolute Gasteiger partial charge is 0.496 e. The molecule has 0 aromatic heterocycles. The second-order valence-electron chi connectivity index (χ2n) is 8.51. The zero-order chi connectivity index (χ0) is 19.4. The molecule has 144 valence electrons. The normalized spacial score (nSPS) is 14.2. The summed E-state index contributed by atoms with van der Waals surface area (Å²) in [6.45, 7) is 7.13. The lowest BCUT2D eigenvalue weighted by atomic mass is 9.87. The SMILES string of the molecule is COc1cc2c(cc1C(=O)NCc1ccc(C(C)(C)C)cc1)CCCCC2. The topological polar surface area (TPSA) is 38.3 Å². The number of hydrogen-bond donors (Lipinski definition) is 1. The molecule has 1 aliphatic carbocycles. The Kier molecular flexibility index (Phi) is 5.88. The van der Waals surface area contributed by atoms with E-state index in [2.05, 4.69) is 56.4 Å². The molecule has 3 nitrogen and oxygen atoms in total. The first-order valence-corrected chi connectivity index (χ1v) is 9.96. The minimum absolute atomic E-state index is 0.0706. The van der Waals surface area contributed by atoms with Gasteiger partial charge in [-0.3, -0.25) is 4.79 Å². The highest BCUT2D eigenvalue weighted by Gasteiger charge is 2.18. The van der Waals surface area contributed by atoms with Crippen LogP contribution >= 0.6 is 0 Å². The number of aryl methyl sites for hydroxylation is 2. The molecular formula is C24H31NO2. The fourth-order valence-corrected chi connectivity index (χ4v) is 3.69. The van der Waals surface area contributed by atoms with E-state index in [1.54, 1.807) is 7.11 Å². The number of methoxy groups -OCH3 is 1. The lowest BCUT2D eigenvalue weighted by Gasteiger charge is -2.19. The molecule has 0 saturated heterocycles. The van der Waals surface area contributed by atoms with Gasteiger partial charge in [0.1, 0.15) is 5.75 Å². The third-order valence-electron chi connectivity index (χ3n) is 5.43. The predicted octanol–water partition coefficient (Wildman–Crippen LogP) is 5.19. The maximum absolute atomic E-state index is 12.8. The van der Waals surface area contributed by atoms with Crippen molar-refractivity contribution in [2.75, 3.05) is 7.11 Å². The summed E-state index contributed by atoms with van der Waals surface area (Å²) < 4.78 is 5.52. The summed E-state index contributed by atoms with van der Waals surface area (Å²) >= 11 is 0. The van der Waals surface area contributed by atoms with E-state index in [1.807, 2.05) is 6.07 Å². The van der Waals surface area contributed by atoms with Crippen LogP contribution in [0.15, 0.2) is 36.4 Å². The summed E-state index contributed by atoms with van der Waals surface area (Å²) in [4.78, 5) is 12.8. The Morgan fingerprint density at radius 3 is 2.22 bits per heavy atom. The van der Waals surface area contributed by atoms with Crippen LogP contribution in [0.3, 0.4) is 0 Å². The van der Waals surface area contributed by atoms with E-state index in [1.165, 1.54) is 36.0 Å². The van der Waals surface area contributed by atoms with Crippen molar-refractivity contribution in [1.29, 1.82) is 0 Å². The number of carbonyl (C=O) groups is 1. The molecular weight excluding hydrogens is 334 g/mol. The average Bonchev–Trinajstić information content (AvgIpc) is 2.89. The summed E-state index contributed by atoms with van der Waals surface area (Å²) in [6, 6.07) is 12.6. The fraction of sp³-hybridized carbons (Fsp3) is 0.458. The Morgan fingerprint density at radius 2 is 1.63 bits per heavy atom. The fourth-order valence-electron chi connectivity index (χ4n) is 3.69. The molecule has 3 rings (SSSR count). The first kappa shape index (κ1) is 19.5. The molecule has 0 bridgehead atoms. The Labute approximate surface area is 163 Å². The maximum atomic E-state index is 12.8. The van der Waals surface area contributed by atoms with Crippen LogP contribution in [0.1, 0.15) is 72.6 Å². The number of hydrogen-bond acceptors (Lipinski definition) is 2. The van der Waals surface area contributed by atoms with Crippen LogP contribution in [0.4, 0.5) is 0 Å². The van der Waals surface area contributed by atoms with Crippen LogP contribution < -0.4 is 10.1 Å². The number of amides is 1. The molecule has 2 aromatic carbocycles. The molecule has 0 aliphatic heterocycles. The minimum atomic E-state index is -0.0706. The van der Waals surface area contributed by atoms with Gasteiger partial charge in [-0.2, -0.15) is 0 Å². The van der Waals surface area contributed by atoms with Crippen molar-refractivity contribution < 1.29 is 9.53 Å². The van der Waals surface area contributed by atoms with Crippen molar-refractivity contribution in [2.24, 2.45) is 0 Å². The first-order valence-electron chi connectivity index (χ1n) is 9.96. The number of benzene rings is 2. The van der Waals surface area contributed by atoms with Crippen molar-refractivity contribution in [1.82, 2.24) is 5.32 Å². The van der Waals surface area contributed by atoms with Gasteiger partial charge < -0.3 is 10.1 Å². The standard InChI is InChI=1S/C24H31NO2/c1-24(2,3)20-12-10-17(11-13-20)16-25-23(26)21-14-18-8-6-5-7-9-19(18)15-22(21)27-4/h10-15H,5-9,16H2,1-4H3,(H,25,26). The Morgan fingerprint density at radius 1 is 1.00 bits per heavy atom. The van der Waals surface area contributed by atoms with Crippen LogP contribution in [0, 0.1) is 0 Å². The summed E-state index contributed by atoms with van der Waals surface area (Å²) in [5.41, 5.74) is 5.81. The molecule has 27 heavy (non-hydrogen) atoms. The van der Waals surface area contributed by atoms with Crippen LogP contribution in [-0.2, 0) is 24.8 Å². The van der Waals surface area contributed by atoms with Crippen molar-refractivity contribution in [2.45, 2.75) is 64.8 Å². The molecule has 2 aromatic rings. The zero-order valence-electron chi connectivity index (χ0n) is 17.0. The van der Waals surface area contributed by atoms with Gasteiger partial charge in [-0.15, -0.1) is 0 Å². The van der Waals surface area contributed by atoms with Crippen molar-refractivity contribution in [3.05, 3.63) is 64.2 Å². The number of fused-ring (bicyclic) bond motifs is 1. The summed E-state index contributed by atoms with van der Waals surface area (Å²) in [6.07, 6.45) is 5.79. The van der Waals surface area contributed by atoms with E-state index in [0.29, 0.717) is 17.9 Å². The maximum Gasteiger partial charge on any atom is 0.255 e. The highest BCUT2D eigenvalue weighted by Crippen LogP contribution is 2.29. The van der Waals surface area contributed by atoms with Crippen molar-refractivity contribution >= 4 is 5.91 Å². The minimum Gasteiger partial charge on any atom is -0.496 e. The number of ether oxygens (including phenoxy) is 1. The van der Waals surface area contributed by atoms with E-state index in [-0.39, 0.29) is 11.3 Å². The monoisotopic (exact) mass is 365 g/mol. The molecule has 0 saturated carbocycles. The van der Waals surface area contributed by atoms with Crippen LogP contribution in [0.5, 0.6) is 5.75 Å². The molecule has 1 amide bonds. The van der Waals surface area contributed by atoms with E-state index >= 15 is 0 Å². The Bertz CT molecular complexity index is 800. The van der Waals surface area contributed by atoms with Crippen LogP contribution in [0.25, 0.3) is 0 Å². The molecule has 0 spiro atoms. The van der Waals surface area contributed by atoms with Gasteiger partial charge >= 0.3 is 0 Å². The molecule has 0 radical (unpaired) electrons. The smallest absolute Gasteiger partial charge is 0.255 e. The highest BCUT2D eigenvalue weighted by atomic mass is 16.5. The first-order chi connectivity index (χ1) is 12.9. The molecule has 0 unspecified atom stereocenters. The van der Waals surface area contributed by atoms with Gasteiger partial charge in [-0.05, 0) is 65.5 Å². The Hall–Kier alpha value is -2.29. The molecule has 0 fully saturated rings. The predicted molar refractivity (Wildman–Crippen MR) is 111 cm³/mol. The zero-order valence-corrected chi connectivity index (χ0v) is 17.0. The summed E-state index contributed by atoms with van der Waals surface area (Å²) in [7, 11) is 1.64. The Balaban J connectivity index is 1.73. The average molecular weight is 366 g/mol. The number of rotatable bonds is 4. The van der Waals surface area contributed by atoms with Crippen LogP contribution in [-0.4, -0.2) is 13.0 Å². The van der Waals surface area contributed by atoms with E-state index in [0.717, 1.165) is 18.4 Å². The second-order valence-corrected chi connectivity index (χ2v) is 8.51. The molecule has 3 heteroatoms. The van der Waals surface area contributed by atoms with E-state index in [9.17, 15) is 4.79 Å². The highest BCUT2D eigenvalue weighted by molar-refractivity contribution is 5.97. The van der Waals surface area contributed by atoms with E-state index < -0.39 is 0 Å². The quantitative estimate of drug-likeness (QED) is 0.757. The summed E-state index contributed by atoms with van der Waals surface area (Å²) in [5, 5.41) is 3.05. The van der Waals surface area contributed by atoms with Crippen LogP contribution in [0.2, 0.25) is 0 Å². The second kappa shape index (κ2) is 8.16. The van der Waals surface area contributed by atoms with Gasteiger partial charge in [0.25, 0.3) is 5.91 Å². The third kappa shape index (κ3) is 4.71. The lowest BCUT2D eigenvalue weighted by molar-refractivity contribution is 0.0947. The molecule has 0 atom stereocenters. The summed E-state index contributed by atoms with van der Waals surface area (Å²) in [5.74, 6) is 0.607.